The summed E-state index contributed by atoms with van der Waals surface area (Å²) in [6.07, 6.45) is 0. The van der Waals surface area contributed by atoms with E-state index >= 15 is 0 Å². The number of nitrogens with one attached hydrogen (secondary N) is 2. The van der Waals surface area contributed by atoms with Crippen molar-refractivity contribution in [1.82, 2.24) is 0 Å². The Balaban J connectivity index is 2.07. The Hall–Kier alpha value is -2.93. The second-order valence-corrected chi connectivity index (χ2v) is 7.06. The van der Waals surface area contributed by atoms with Crippen LogP contribution in [0.2, 0.25) is 5.02 Å². The number of non-ortho nitro benzene ring substituents is 1. The van der Waals surface area contributed by atoms with Crippen LogP contribution in [0.1, 0.15) is 26.3 Å². The second-order valence-electron chi connectivity index (χ2n) is 6.66. The summed E-state index contributed by atoms with van der Waals surface area (Å²) in [7, 11) is 0. The molecule has 0 radical (unpaired) electrons. The topological polar surface area (TPSA) is 101 Å². The molecule has 2 amide bonds. The largest absolute Gasteiger partial charge is 0.318 e. The first-order valence-corrected chi connectivity index (χ1v) is 8.12. The van der Waals surface area contributed by atoms with Crippen LogP contribution >= 0.6 is 11.6 Å². The van der Waals surface area contributed by atoms with Gasteiger partial charge < -0.3 is 10.6 Å². The van der Waals surface area contributed by atoms with Gasteiger partial charge in [-0.1, -0.05) is 44.5 Å². The SMILES string of the molecule is CC(C)(C)c1ccc(NC(=O)C(=O)Nc2cc([N+](=O)[O-])ccc2Cl)cc1. The molecule has 26 heavy (non-hydrogen) atoms. The van der Waals surface area contributed by atoms with Crippen LogP contribution in [0.5, 0.6) is 0 Å². The molecule has 0 spiro atoms. The number of hydrogen-bond acceptors (Lipinski definition) is 4. The summed E-state index contributed by atoms with van der Waals surface area (Å²) in [5, 5.41) is 15.6. The lowest BCUT2D eigenvalue weighted by Crippen LogP contribution is -2.29. The predicted octanol–water partition coefficient (Wildman–Crippen LogP) is 4.12. The lowest BCUT2D eigenvalue weighted by atomic mass is 9.87. The number of amides is 2. The van der Waals surface area contributed by atoms with Crippen molar-refractivity contribution in [3.63, 3.8) is 0 Å². The molecule has 0 heterocycles. The number of carbonyl (C=O) groups is 2. The first kappa shape index (κ1) is 19.4. The summed E-state index contributed by atoms with van der Waals surface area (Å²) >= 11 is 5.90. The maximum Gasteiger partial charge on any atom is 0.314 e. The molecule has 0 aromatic heterocycles. The van der Waals surface area contributed by atoms with Gasteiger partial charge in [0.05, 0.1) is 15.6 Å². The van der Waals surface area contributed by atoms with E-state index in [2.05, 4.69) is 31.4 Å². The lowest BCUT2D eigenvalue weighted by molar-refractivity contribution is -0.384. The van der Waals surface area contributed by atoms with E-state index < -0.39 is 16.7 Å². The van der Waals surface area contributed by atoms with Gasteiger partial charge in [-0.3, -0.25) is 19.7 Å². The number of nitro benzene ring substituents is 1. The number of nitrogens with zero attached hydrogens (tertiary/aromatic N) is 1. The molecule has 0 aliphatic heterocycles. The van der Waals surface area contributed by atoms with E-state index in [0.717, 1.165) is 11.6 Å². The van der Waals surface area contributed by atoms with Gasteiger partial charge in [0, 0.05) is 17.8 Å². The van der Waals surface area contributed by atoms with E-state index in [1.807, 2.05) is 12.1 Å². The number of halogens is 1. The van der Waals surface area contributed by atoms with E-state index in [0.29, 0.717) is 5.69 Å². The van der Waals surface area contributed by atoms with Crippen LogP contribution in [-0.4, -0.2) is 16.7 Å². The van der Waals surface area contributed by atoms with Gasteiger partial charge >= 0.3 is 11.8 Å². The molecule has 0 aliphatic rings. The molecule has 7 nitrogen and oxygen atoms in total. The van der Waals surface area contributed by atoms with Crippen LogP contribution in [0.15, 0.2) is 42.5 Å². The predicted molar refractivity (Wildman–Crippen MR) is 101 cm³/mol. The van der Waals surface area contributed by atoms with Crippen molar-refractivity contribution in [2.45, 2.75) is 26.2 Å². The summed E-state index contributed by atoms with van der Waals surface area (Å²) in [5.41, 5.74) is 1.26. The molecule has 0 saturated heterocycles. The first-order chi connectivity index (χ1) is 12.1. The van der Waals surface area contributed by atoms with Crippen molar-refractivity contribution >= 4 is 40.5 Å². The second kappa shape index (κ2) is 7.53. The molecule has 136 valence electrons. The third-order valence-electron chi connectivity index (χ3n) is 3.62. The Labute approximate surface area is 155 Å². The fourth-order valence-electron chi connectivity index (χ4n) is 2.14. The van der Waals surface area contributed by atoms with Crippen LogP contribution in [0.25, 0.3) is 0 Å². The summed E-state index contributed by atoms with van der Waals surface area (Å²) in [6, 6.07) is 10.7. The van der Waals surface area contributed by atoms with E-state index in [1.54, 1.807) is 12.1 Å². The molecule has 2 N–H and O–H groups in total. The lowest BCUT2D eigenvalue weighted by Gasteiger charge is -2.19. The molecule has 0 saturated carbocycles. The van der Waals surface area contributed by atoms with Gasteiger partial charge in [-0.25, -0.2) is 0 Å². The summed E-state index contributed by atoms with van der Waals surface area (Å²) in [6.45, 7) is 6.20. The smallest absolute Gasteiger partial charge is 0.314 e. The molecular formula is C18H18ClN3O4. The Morgan fingerprint density at radius 3 is 2.12 bits per heavy atom. The molecule has 2 aromatic rings. The molecule has 2 aromatic carbocycles. The molecule has 8 heteroatoms. The zero-order valence-corrected chi connectivity index (χ0v) is 15.3. The maximum atomic E-state index is 12.0. The minimum atomic E-state index is -0.979. The highest BCUT2D eigenvalue weighted by molar-refractivity contribution is 6.44. The zero-order chi connectivity index (χ0) is 19.5. The van der Waals surface area contributed by atoms with E-state index in [9.17, 15) is 19.7 Å². The molecule has 0 bridgehead atoms. The van der Waals surface area contributed by atoms with Crippen molar-refractivity contribution < 1.29 is 14.5 Å². The first-order valence-electron chi connectivity index (χ1n) is 7.75. The Morgan fingerprint density at radius 2 is 1.58 bits per heavy atom. The number of anilines is 2. The van der Waals surface area contributed by atoms with Crippen molar-refractivity contribution in [2.24, 2.45) is 0 Å². The van der Waals surface area contributed by atoms with E-state index in [1.165, 1.54) is 12.1 Å². The molecule has 0 aliphatic carbocycles. The third kappa shape index (κ3) is 4.80. The van der Waals surface area contributed by atoms with Crippen LogP contribution in [0, 0.1) is 10.1 Å². The van der Waals surface area contributed by atoms with Gasteiger partial charge in [0.15, 0.2) is 0 Å². The number of benzene rings is 2. The van der Waals surface area contributed by atoms with Crippen molar-refractivity contribution in [3.8, 4) is 0 Å². The Kier molecular flexibility index (Phi) is 5.62. The van der Waals surface area contributed by atoms with Crippen molar-refractivity contribution in [1.29, 1.82) is 0 Å². The molecule has 0 atom stereocenters. The van der Waals surface area contributed by atoms with Crippen LogP contribution < -0.4 is 10.6 Å². The highest BCUT2D eigenvalue weighted by Gasteiger charge is 2.18. The van der Waals surface area contributed by atoms with Crippen LogP contribution in [0.3, 0.4) is 0 Å². The Bertz CT molecular complexity index is 858. The summed E-state index contributed by atoms with van der Waals surface area (Å²) in [5.74, 6) is -1.89. The maximum absolute atomic E-state index is 12.0. The molecule has 0 fully saturated rings. The van der Waals surface area contributed by atoms with Gasteiger partial charge in [0.1, 0.15) is 0 Å². The Morgan fingerprint density at radius 1 is 1.00 bits per heavy atom. The molecule has 0 unspecified atom stereocenters. The van der Waals surface area contributed by atoms with Gasteiger partial charge in [-0.2, -0.15) is 0 Å². The number of carbonyl (C=O) groups excluding carboxylic acids is 2. The minimum absolute atomic E-state index is 0.0101. The normalized spacial score (nSPS) is 10.9. The average molecular weight is 376 g/mol. The average Bonchev–Trinajstić information content (AvgIpc) is 2.56. The van der Waals surface area contributed by atoms with Gasteiger partial charge in [-0.05, 0) is 29.2 Å². The van der Waals surface area contributed by atoms with Crippen molar-refractivity contribution in [3.05, 3.63) is 63.2 Å². The quantitative estimate of drug-likeness (QED) is 0.478. The highest BCUT2D eigenvalue weighted by atomic mass is 35.5. The summed E-state index contributed by atoms with van der Waals surface area (Å²) < 4.78 is 0. The third-order valence-corrected chi connectivity index (χ3v) is 3.95. The van der Waals surface area contributed by atoms with E-state index in [-0.39, 0.29) is 21.8 Å². The molecule has 2 rings (SSSR count). The van der Waals surface area contributed by atoms with Crippen molar-refractivity contribution in [2.75, 3.05) is 10.6 Å². The zero-order valence-electron chi connectivity index (χ0n) is 14.5. The minimum Gasteiger partial charge on any atom is -0.318 e. The van der Waals surface area contributed by atoms with Gasteiger partial charge in [0.25, 0.3) is 5.69 Å². The van der Waals surface area contributed by atoms with Gasteiger partial charge in [-0.15, -0.1) is 0 Å². The van der Waals surface area contributed by atoms with Crippen LogP contribution in [-0.2, 0) is 15.0 Å². The van der Waals surface area contributed by atoms with E-state index in [4.69, 9.17) is 11.6 Å². The summed E-state index contributed by atoms with van der Waals surface area (Å²) in [4.78, 5) is 34.2. The van der Waals surface area contributed by atoms with Crippen LogP contribution in [0.4, 0.5) is 17.1 Å². The van der Waals surface area contributed by atoms with Gasteiger partial charge in [0.2, 0.25) is 0 Å². The highest BCUT2D eigenvalue weighted by Crippen LogP contribution is 2.27. The number of nitro groups is 1. The number of hydrogen-bond donors (Lipinski definition) is 2. The monoisotopic (exact) mass is 375 g/mol. The fourth-order valence-corrected chi connectivity index (χ4v) is 2.31. The molecular weight excluding hydrogens is 358 g/mol. The number of rotatable bonds is 3. The fraction of sp³-hybridized carbons (Fsp3) is 0.222. The standard InChI is InChI=1S/C18H18ClN3O4/c1-18(2,3)11-4-6-12(7-5-11)20-16(23)17(24)21-15-10-13(22(25)26)8-9-14(15)19/h4-10H,1-3H3,(H,20,23)(H,21,24).